The molecule has 1 aromatic rings. The zero-order valence-electron chi connectivity index (χ0n) is 6.65. The van der Waals surface area contributed by atoms with Crippen molar-refractivity contribution in [1.82, 2.24) is 0 Å². The number of alkyl halides is 3. The maximum atomic E-state index is 12.4. The molecule has 0 spiro atoms. The molecule has 0 saturated heterocycles. The molecule has 0 fully saturated rings. The third kappa shape index (κ3) is 2.77. The van der Waals surface area contributed by atoms with Gasteiger partial charge in [-0.05, 0) is 24.6 Å². The molecule has 0 atom stereocenters. The molecule has 0 amide bonds. The van der Waals surface area contributed by atoms with E-state index in [9.17, 15) is 13.2 Å². The van der Waals surface area contributed by atoms with Crippen molar-refractivity contribution in [3.63, 3.8) is 0 Å². The van der Waals surface area contributed by atoms with Crippen LogP contribution >= 0.6 is 30.1 Å². The van der Waals surface area contributed by atoms with Gasteiger partial charge in [0.2, 0.25) is 0 Å². The minimum Gasteiger partial charge on any atom is -0.166 e. The molecule has 0 aliphatic carbocycles. The molecule has 0 heterocycles. The molecule has 0 aliphatic heterocycles. The van der Waals surface area contributed by atoms with Crippen LogP contribution in [0.3, 0.4) is 0 Å². The smallest absolute Gasteiger partial charge is 0.166 e. The van der Waals surface area contributed by atoms with Gasteiger partial charge in [0.1, 0.15) is 0 Å². The Morgan fingerprint density at radius 2 is 1.92 bits per heavy atom. The number of halogens is 4. The van der Waals surface area contributed by atoms with Gasteiger partial charge >= 0.3 is 6.18 Å². The van der Waals surface area contributed by atoms with Crippen molar-refractivity contribution < 1.29 is 13.2 Å². The van der Waals surface area contributed by atoms with Crippen molar-refractivity contribution in [1.29, 1.82) is 0 Å². The van der Waals surface area contributed by atoms with Crippen molar-refractivity contribution in [2.45, 2.75) is 18.0 Å². The minimum absolute atomic E-state index is 0.265. The molecule has 0 nitrogen and oxygen atoms in total. The van der Waals surface area contributed by atoms with Crippen molar-refractivity contribution in [3.05, 3.63) is 29.3 Å². The first-order valence-corrected chi connectivity index (χ1v) is 6.77. The van der Waals surface area contributed by atoms with Gasteiger partial charge in [0, 0.05) is 26.1 Å². The Morgan fingerprint density at radius 1 is 1.31 bits per heavy atom. The molecule has 0 radical (unpaired) electrons. The first-order chi connectivity index (χ1) is 5.95. The number of aryl methyl sites for hydroxylation is 1. The second-order valence-electron chi connectivity index (χ2n) is 2.55. The number of hydrogen-bond acceptors (Lipinski definition) is 1. The summed E-state index contributed by atoms with van der Waals surface area (Å²) in [6.07, 6.45) is -4.24. The topological polar surface area (TPSA) is 0 Å². The van der Waals surface area contributed by atoms with Gasteiger partial charge in [0.15, 0.2) is 0 Å². The molecule has 0 bridgehead atoms. The van der Waals surface area contributed by atoms with Crippen LogP contribution in [0.5, 0.6) is 0 Å². The maximum absolute atomic E-state index is 12.4. The third-order valence-electron chi connectivity index (χ3n) is 1.60. The highest BCUT2D eigenvalue weighted by molar-refractivity contribution is 14.2. The van der Waals surface area contributed by atoms with Gasteiger partial charge in [0.05, 0.1) is 5.56 Å². The molecule has 0 saturated carbocycles. The lowest BCUT2D eigenvalue weighted by Gasteiger charge is -2.10. The van der Waals surface area contributed by atoms with Crippen molar-refractivity contribution in [2.24, 2.45) is 0 Å². The standard InChI is InChI=1S/C8H6F3IS/c1-5-2-3-6(13-12)4-7(5)8(9,10)11/h2-4H,1H3. The Bertz CT molecular complexity index is 309. The Kier molecular flexibility index (Phi) is 3.50. The average Bonchev–Trinajstić information content (AvgIpc) is 2.03. The van der Waals surface area contributed by atoms with Crippen molar-refractivity contribution in [2.75, 3.05) is 0 Å². The predicted octanol–water partition coefficient (Wildman–Crippen LogP) is 4.46. The number of benzene rings is 1. The van der Waals surface area contributed by atoms with Crippen LogP contribution in [0.2, 0.25) is 0 Å². The van der Waals surface area contributed by atoms with Crippen LogP contribution in [-0.4, -0.2) is 0 Å². The molecular formula is C8H6F3IS. The van der Waals surface area contributed by atoms with E-state index in [2.05, 4.69) is 0 Å². The van der Waals surface area contributed by atoms with E-state index in [0.717, 1.165) is 0 Å². The molecule has 5 heteroatoms. The fourth-order valence-corrected chi connectivity index (χ4v) is 2.06. The molecular weight excluding hydrogens is 312 g/mol. The van der Waals surface area contributed by atoms with Crippen molar-refractivity contribution in [3.8, 4) is 0 Å². The van der Waals surface area contributed by atoms with Crippen LogP contribution in [0.4, 0.5) is 13.2 Å². The molecule has 0 N–H and O–H groups in total. The van der Waals surface area contributed by atoms with Crippen LogP contribution in [-0.2, 0) is 6.18 Å². The summed E-state index contributed by atoms with van der Waals surface area (Å²) in [4.78, 5) is 0.624. The summed E-state index contributed by atoms with van der Waals surface area (Å²) in [5.74, 6) is 0. The molecule has 0 aromatic heterocycles. The van der Waals surface area contributed by atoms with E-state index in [0.29, 0.717) is 4.90 Å². The highest BCUT2D eigenvalue weighted by Gasteiger charge is 2.32. The molecule has 0 unspecified atom stereocenters. The Hall–Kier alpha value is 0.0900. The molecule has 0 aliphatic rings. The van der Waals surface area contributed by atoms with Gasteiger partial charge in [-0.25, -0.2) is 0 Å². The lowest BCUT2D eigenvalue weighted by atomic mass is 10.1. The SMILES string of the molecule is Cc1ccc(SI)cc1C(F)(F)F. The minimum atomic E-state index is -4.24. The van der Waals surface area contributed by atoms with E-state index in [1.807, 2.05) is 21.2 Å². The first kappa shape index (κ1) is 11.2. The van der Waals surface area contributed by atoms with E-state index in [1.165, 1.54) is 28.0 Å². The van der Waals surface area contributed by atoms with Crippen molar-refractivity contribution >= 4 is 30.1 Å². The van der Waals surface area contributed by atoms with Crippen LogP contribution in [0, 0.1) is 6.92 Å². The molecule has 1 aromatic carbocycles. The fraction of sp³-hybridized carbons (Fsp3) is 0.250. The van der Waals surface area contributed by atoms with E-state index < -0.39 is 11.7 Å². The predicted molar refractivity (Wildman–Crippen MR) is 56.1 cm³/mol. The van der Waals surface area contributed by atoms with Gasteiger partial charge in [-0.1, -0.05) is 15.0 Å². The number of rotatable bonds is 1. The van der Waals surface area contributed by atoms with E-state index in [4.69, 9.17) is 0 Å². The highest BCUT2D eigenvalue weighted by atomic mass is 127. The van der Waals surface area contributed by atoms with Crippen LogP contribution in [0.1, 0.15) is 11.1 Å². The lowest BCUT2D eigenvalue weighted by Crippen LogP contribution is -2.07. The van der Waals surface area contributed by atoms with E-state index >= 15 is 0 Å². The second kappa shape index (κ2) is 4.08. The molecule has 13 heavy (non-hydrogen) atoms. The van der Waals surface area contributed by atoms with E-state index in [-0.39, 0.29) is 5.56 Å². The molecule has 72 valence electrons. The zero-order chi connectivity index (χ0) is 10.1. The summed E-state index contributed by atoms with van der Waals surface area (Å²) in [6, 6.07) is 4.35. The van der Waals surface area contributed by atoms with Crippen LogP contribution < -0.4 is 0 Å². The maximum Gasteiger partial charge on any atom is 0.416 e. The van der Waals surface area contributed by atoms with Gasteiger partial charge in [-0.2, -0.15) is 13.2 Å². The first-order valence-electron chi connectivity index (χ1n) is 3.41. The summed E-state index contributed by atoms with van der Waals surface area (Å²) in [5.41, 5.74) is -0.282. The summed E-state index contributed by atoms with van der Waals surface area (Å²) < 4.78 is 37.1. The Balaban J connectivity index is 3.19. The van der Waals surface area contributed by atoms with Gasteiger partial charge in [0.25, 0.3) is 0 Å². The van der Waals surface area contributed by atoms with Crippen LogP contribution in [0.15, 0.2) is 23.1 Å². The van der Waals surface area contributed by atoms with Crippen LogP contribution in [0.25, 0.3) is 0 Å². The van der Waals surface area contributed by atoms with E-state index in [1.54, 1.807) is 6.07 Å². The normalized spacial score (nSPS) is 11.8. The molecule has 1 rings (SSSR count). The lowest BCUT2D eigenvalue weighted by molar-refractivity contribution is -0.138. The highest BCUT2D eigenvalue weighted by Crippen LogP contribution is 2.35. The monoisotopic (exact) mass is 318 g/mol. The second-order valence-corrected chi connectivity index (χ2v) is 4.50. The summed E-state index contributed by atoms with van der Waals surface area (Å²) in [5, 5.41) is 0. The quantitative estimate of drug-likeness (QED) is 0.689. The number of hydrogen-bond donors (Lipinski definition) is 0. The van der Waals surface area contributed by atoms with Gasteiger partial charge < -0.3 is 0 Å². The summed E-state index contributed by atoms with van der Waals surface area (Å²) in [6.45, 7) is 1.46. The Labute approximate surface area is 90.5 Å². The third-order valence-corrected chi connectivity index (χ3v) is 3.56. The van der Waals surface area contributed by atoms with Gasteiger partial charge in [-0.3, -0.25) is 0 Å². The summed E-state index contributed by atoms with van der Waals surface area (Å²) in [7, 11) is 1.28. The average molecular weight is 318 g/mol. The largest absolute Gasteiger partial charge is 0.416 e. The summed E-state index contributed by atoms with van der Waals surface area (Å²) >= 11 is 1.96. The fourth-order valence-electron chi connectivity index (χ4n) is 0.955. The van der Waals surface area contributed by atoms with Gasteiger partial charge in [-0.15, -0.1) is 0 Å². The Morgan fingerprint density at radius 3 is 2.38 bits per heavy atom. The zero-order valence-corrected chi connectivity index (χ0v) is 9.63.